The molecule has 0 atom stereocenters. The lowest BCUT2D eigenvalue weighted by Crippen LogP contribution is -2.20. The summed E-state index contributed by atoms with van der Waals surface area (Å²) < 4.78 is 11.9. The zero-order chi connectivity index (χ0) is 13.9. The summed E-state index contributed by atoms with van der Waals surface area (Å²) in [4.78, 5) is 0. The van der Waals surface area contributed by atoms with E-state index in [-0.39, 0.29) is 6.61 Å². The van der Waals surface area contributed by atoms with Crippen LogP contribution in [0.2, 0.25) is 0 Å². The van der Waals surface area contributed by atoms with Crippen LogP contribution in [0.5, 0.6) is 5.75 Å². The van der Waals surface area contributed by atoms with Crippen LogP contribution < -0.4 is 10.1 Å². The Hall–Kier alpha value is -0.620. The van der Waals surface area contributed by atoms with Gasteiger partial charge in [-0.05, 0) is 24.6 Å². The predicted octanol–water partition coefficient (Wildman–Crippen LogP) is 2.34. The number of hydrogen-bond donors (Lipinski definition) is 2. The number of aliphatic hydroxyl groups excluding tert-OH is 1. The van der Waals surface area contributed by atoms with E-state index in [1.54, 1.807) is 0 Å². The molecule has 2 N–H and O–H groups in total. The lowest BCUT2D eigenvalue weighted by molar-refractivity contribution is 0.0937. The van der Waals surface area contributed by atoms with Gasteiger partial charge in [0, 0.05) is 23.1 Å². The van der Waals surface area contributed by atoms with Crippen LogP contribution in [0.3, 0.4) is 0 Å². The molecule has 0 aliphatic heterocycles. The van der Waals surface area contributed by atoms with Crippen LogP contribution in [-0.2, 0) is 11.3 Å². The maximum atomic E-state index is 8.58. The Kier molecular flexibility index (Phi) is 8.82. The first kappa shape index (κ1) is 16.4. The molecule has 4 nitrogen and oxygen atoms in total. The Bertz CT molecular complexity index is 361. The zero-order valence-electron chi connectivity index (χ0n) is 11.3. The highest BCUT2D eigenvalue weighted by atomic mass is 79.9. The summed E-state index contributed by atoms with van der Waals surface area (Å²) >= 11 is 3.47. The largest absolute Gasteiger partial charge is 0.493 e. The maximum absolute atomic E-state index is 8.58. The molecule has 0 bridgehead atoms. The van der Waals surface area contributed by atoms with Gasteiger partial charge in [0.1, 0.15) is 5.75 Å². The van der Waals surface area contributed by atoms with Crippen molar-refractivity contribution in [2.75, 3.05) is 33.0 Å². The smallest absolute Gasteiger partial charge is 0.123 e. The SMILES string of the molecule is CCCOc1ccc(Br)cc1CNCCOCCO. The first-order chi connectivity index (χ1) is 9.27. The van der Waals surface area contributed by atoms with Crippen LogP contribution in [0.25, 0.3) is 0 Å². The van der Waals surface area contributed by atoms with Gasteiger partial charge in [-0.1, -0.05) is 22.9 Å². The minimum atomic E-state index is 0.0701. The van der Waals surface area contributed by atoms with E-state index in [1.165, 1.54) is 0 Å². The summed E-state index contributed by atoms with van der Waals surface area (Å²) in [7, 11) is 0. The number of benzene rings is 1. The van der Waals surface area contributed by atoms with E-state index in [9.17, 15) is 0 Å². The molecule has 0 heterocycles. The van der Waals surface area contributed by atoms with Crippen molar-refractivity contribution in [2.45, 2.75) is 19.9 Å². The van der Waals surface area contributed by atoms with E-state index < -0.39 is 0 Å². The molecule has 0 fully saturated rings. The highest BCUT2D eigenvalue weighted by molar-refractivity contribution is 9.10. The quantitative estimate of drug-likeness (QED) is 0.646. The van der Waals surface area contributed by atoms with Crippen molar-refractivity contribution in [2.24, 2.45) is 0 Å². The summed E-state index contributed by atoms with van der Waals surface area (Å²) in [5.74, 6) is 0.925. The Labute approximate surface area is 123 Å². The van der Waals surface area contributed by atoms with Crippen molar-refractivity contribution in [3.8, 4) is 5.75 Å². The normalized spacial score (nSPS) is 10.7. The highest BCUT2D eigenvalue weighted by Crippen LogP contribution is 2.23. The fourth-order valence-electron chi connectivity index (χ4n) is 1.57. The lowest BCUT2D eigenvalue weighted by atomic mass is 10.2. The zero-order valence-corrected chi connectivity index (χ0v) is 12.9. The molecule has 0 saturated heterocycles. The average molecular weight is 332 g/mol. The standard InChI is InChI=1S/C14H22BrNO3/c1-2-7-19-14-4-3-13(15)10-12(14)11-16-5-8-18-9-6-17/h3-4,10,16-17H,2,5-9,11H2,1H3. The molecule has 0 aliphatic carbocycles. The molecule has 0 saturated carbocycles. The minimum Gasteiger partial charge on any atom is -0.493 e. The molecule has 1 aromatic rings. The number of rotatable bonds is 10. The summed E-state index contributed by atoms with van der Waals surface area (Å²) in [6.45, 7) is 5.37. The number of aliphatic hydroxyl groups is 1. The average Bonchev–Trinajstić information content (AvgIpc) is 2.42. The van der Waals surface area contributed by atoms with Gasteiger partial charge in [-0.2, -0.15) is 0 Å². The molecule has 0 spiro atoms. The molecule has 19 heavy (non-hydrogen) atoms. The van der Waals surface area contributed by atoms with Crippen LogP contribution >= 0.6 is 15.9 Å². The molecule has 0 unspecified atom stereocenters. The molecule has 1 aromatic carbocycles. The molecule has 0 aromatic heterocycles. The Morgan fingerprint density at radius 2 is 2.11 bits per heavy atom. The molecule has 1 rings (SSSR count). The van der Waals surface area contributed by atoms with Gasteiger partial charge in [-0.3, -0.25) is 0 Å². The Morgan fingerprint density at radius 1 is 1.26 bits per heavy atom. The van der Waals surface area contributed by atoms with Crippen LogP contribution in [0.4, 0.5) is 0 Å². The van der Waals surface area contributed by atoms with Gasteiger partial charge in [-0.25, -0.2) is 0 Å². The monoisotopic (exact) mass is 331 g/mol. The minimum absolute atomic E-state index is 0.0701. The van der Waals surface area contributed by atoms with Crippen molar-refractivity contribution in [1.29, 1.82) is 0 Å². The van der Waals surface area contributed by atoms with E-state index >= 15 is 0 Å². The summed E-state index contributed by atoms with van der Waals surface area (Å²) in [6, 6.07) is 6.03. The molecule has 0 amide bonds. The van der Waals surface area contributed by atoms with Gasteiger partial charge in [0.25, 0.3) is 0 Å². The van der Waals surface area contributed by atoms with Gasteiger partial charge in [0.15, 0.2) is 0 Å². The van der Waals surface area contributed by atoms with Gasteiger partial charge in [0.2, 0.25) is 0 Å². The molecule has 0 aliphatic rings. The highest BCUT2D eigenvalue weighted by Gasteiger charge is 2.04. The number of halogens is 1. The van der Waals surface area contributed by atoms with Crippen molar-refractivity contribution in [3.05, 3.63) is 28.2 Å². The van der Waals surface area contributed by atoms with Crippen LogP contribution in [0.15, 0.2) is 22.7 Å². The third kappa shape index (κ3) is 6.92. The molecular weight excluding hydrogens is 310 g/mol. The van der Waals surface area contributed by atoms with Crippen LogP contribution in [0.1, 0.15) is 18.9 Å². The van der Waals surface area contributed by atoms with Crippen molar-refractivity contribution >= 4 is 15.9 Å². The Balaban J connectivity index is 2.39. The number of nitrogens with one attached hydrogen (secondary N) is 1. The van der Waals surface area contributed by atoms with E-state index in [0.29, 0.717) is 13.2 Å². The van der Waals surface area contributed by atoms with Crippen molar-refractivity contribution < 1.29 is 14.6 Å². The van der Waals surface area contributed by atoms with Crippen molar-refractivity contribution in [3.63, 3.8) is 0 Å². The third-order valence-corrected chi connectivity index (χ3v) is 2.95. The molecular formula is C14H22BrNO3. The maximum Gasteiger partial charge on any atom is 0.123 e. The van der Waals surface area contributed by atoms with E-state index in [0.717, 1.165) is 41.9 Å². The topological polar surface area (TPSA) is 50.7 Å². The predicted molar refractivity (Wildman–Crippen MR) is 79.5 cm³/mol. The van der Waals surface area contributed by atoms with Crippen LogP contribution in [0, 0.1) is 0 Å². The van der Waals surface area contributed by atoms with Gasteiger partial charge in [-0.15, -0.1) is 0 Å². The lowest BCUT2D eigenvalue weighted by Gasteiger charge is -2.12. The number of hydrogen-bond acceptors (Lipinski definition) is 4. The van der Waals surface area contributed by atoms with E-state index in [1.807, 2.05) is 12.1 Å². The van der Waals surface area contributed by atoms with E-state index in [2.05, 4.69) is 34.2 Å². The summed E-state index contributed by atoms with van der Waals surface area (Å²) in [6.07, 6.45) is 0.998. The summed E-state index contributed by atoms with van der Waals surface area (Å²) in [5, 5.41) is 11.9. The molecule has 5 heteroatoms. The second kappa shape index (κ2) is 10.2. The fourth-order valence-corrected chi connectivity index (χ4v) is 1.98. The first-order valence-electron chi connectivity index (χ1n) is 6.58. The van der Waals surface area contributed by atoms with Gasteiger partial charge in [0.05, 0.1) is 26.4 Å². The van der Waals surface area contributed by atoms with Gasteiger partial charge >= 0.3 is 0 Å². The molecule has 0 radical (unpaired) electrons. The second-order valence-corrected chi connectivity index (χ2v) is 5.03. The van der Waals surface area contributed by atoms with E-state index in [4.69, 9.17) is 14.6 Å². The Morgan fingerprint density at radius 3 is 2.84 bits per heavy atom. The second-order valence-electron chi connectivity index (χ2n) is 4.11. The van der Waals surface area contributed by atoms with Gasteiger partial charge < -0.3 is 19.9 Å². The number of ether oxygens (including phenoxy) is 2. The molecule has 108 valence electrons. The van der Waals surface area contributed by atoms with Crippen molar-refractivity contribution in [1.82, 2.24) is 5.32 Å². The summed E-state index contributed by atoms with van der Waals surface area (Å²) in [5.41, 5.74) is 1.13. The first-order valence-corrected chi connectivity index (χ1v) is 7.37. The van der Waals surface area contributed by atoms with Crippen LogP contribution in [-0.4, -0.2) is 38.1 Å². The fraction of sp³-hybridized carbons (Fsp3) is 0.571. The third-order valence-electron chi connectivity index (χ3n) is 2.46.